The van der Waals surface area contributed by atoms with Gasteiger partial charge in [-0.05, 0) is 38.2 Å². The number of fused-ring (bicyclic) bond motifs is 3. The van der Waals surface area contributed by atoms with Crippen molar-refractivity contribution in [2.75, 3.05) is 5.32 Å². The number of aryl methyl sites for hydroxylation is 2. The number of nitrogens with zero attached hydrogens (tertiary/aromatic N) is 2. The second kappa shape index (κ2) is 5.57. The molecule has 2 atom stereocenters. The summed E-state index contributed by atoms with van der Waals surface area (Å²) in [5, 5.41) is 22.6. The van der Waals surface area contributed by atoms with Crippen molar-refractivity contribution < 1.29 is 15.0 Å². The third-order valence-corrected chi connectivity index (χ3v) is 4.99. The lowest BCUT2D eigenvalue weighted by Gasteiger charge is -2.19. The van der Waals surface area contributed by atoms with Gasteiger partial charge in [0.15, 0.2) is 6.04 Å². The molecule has 0 saturated heterocycles. The van der Waals surface area contributed by atoms with Gasteiger partial charge in [0.25, 0.3) is 0 Å². The minimum absolute atomic E-state index is 0.507. The van der Waals surface area contributed by atoms with E-state index in [1.165, 1.54) is 30.1 Å². The van der Waals surface area contributed by atoms with Crippen LogP contribution >= 0.6 is 11.3 Å². The smallest absolute Gasteiger partial charge is 0.328 e. The van der Waals surface area contributed by atoms with Gasteiger partial charge in [0.2, 0.25) is 0 Å². The van der Waals surface area contributed by atoms with Gasteiger partial charge in [0.05, 0.1) is 11.5 Å². The lowest BCUT2D eigenvalue weighted by molar-refractivity contribution is -0.140. The van der Waals surface area contributed by atoms with Crippen LogP contribution in [0, 0.1) is 0 Å². The molecule has 6 nitrogen and oxygen atoms in total. The number of hydrogen-bond acceptors (Lipinski definition) is 6. The average Bonchev–Trinajstić information content (AvgIpc) is 2.83. The zero-order valence-corrected chi connectivity index (χ0v) is 12.5. The normalized spacial score (nSPS) is 17.2. The molecular weight excluding hydrogens is 290 g/mol. The topological polar surface area (TPSA) is 95.3 Å². The fourth-order valence-electron chi connectivity index (χ4n) is 2.74. The Hall–Kier alpha value is -1.73. The Balaban J connectivity index is 2.06. The van der Waals surface area contributed by atoms with Crippen molar-refractivity contribution >= 4 is 33.3 Å². The van der Waals surface area contributed by atoms with Crippen LogP contribution in [0.5, 0.6) is 0 Å². The predicted octanol–water partition coefficient (Wildman–Crippen LogP) is 1.82. The van der Waals surface area contributed by atoms with Crippen molar-refractivity contribution in [3.05, 3.63) is 16.8 Å². The van der Waals surface area contributed by atoms with E-state index >= 15 is 0 Å². The number of carboxylic acids is 1. The molecule has 0 spiro atoms. The zero-order chi connectivity index (χ0) is 15.0. The van der Waals surface area contributed by atoms with Crippen molar-refractivity contribution in [2.24, 2.45) is 0 Å². The number of rotatable bonds is 4. The van der Waals surface area contributed by atoms with Crippen molar-refractivity contribution in [3.8, 4) is 0 Å². The molecule has 3 rings (SSSR count). The summed E-state index contributed by atoms with van der Waals surface area (Å²) in [5.74, 6) is -0.589. The maximum atomic E-state index is 11.2. The summed E-state index contributed by atoms with van der Waals surface area (Å²) < 4.78 is 0. The Morgan fingerprint density at radius 3 is 2.86 bits per heavy atom. The summed E-state index contributed by atoms with van der Waals surface area (Å²) in [6.07, 6.45) is 4.77. The SMILES string of the molecule is C[C@H](O)[C@H](Nc1ncnc2sc3c(c12)CCCC3)C(=O)O. The van der Waals surface area contributed by atoms with E-state index in [-0.39, 0.29) is 0 Å². The molecule has 0 saturated carbocycles. The Labute approximate surface area is 125 Å². The molecule has 0 aromatic carbocycles. The lowest BCUT2D eigenvalue weighted by atomic mass is 9.97. The molecule has 2 aromatic rings. The Kier molecular flexibility index (Phi) is 3.77. The number of anilines is 1. The van der Waals surface area contributed by atoms with E-state index in [9.17, 15) is 15.0 Å². The van der Waals surface area contributed by atoms with E-state index in [0.717, 1.165) is 29.5 Å². The quantitative estimate of drug-likeness (QED) is 0.797. The van der Waals surface area contributed by atoms with Crippen LogP contribution in [0.1, 0.15) is 30.2 Å². The molecule has 2 aromatic heterocycles. The van der Waals surface area contributed by atoms with Crippen molar-refractivity contribution in [1.82, 2.24) is 9.97 Å². The van der Waals surface area contributed by atoms with Crippen molar-refractivity contribution in [3.63, 3.8) is 0 Å². The third-order valence-electron chi connectivity index (χ3n) is 3.79. The highest BCUT2D eigenvalue weighted by molar-refractivity contribution is 7.19. The van der Waals surface area contributed by atoms with Gasteiger partial charge in [-0.25, -0.2) is 14.8 Å². The highest BCUT2D eigenvalue weighted by Crippen LogP contribution is 2.38. The van der Waals surface area contributed by atoms with Crippen molar-refractivity contribution in [2.45, 2.75) is 44.8 Å². The second-order valence-electron chi connectivity index (χ2n) is 5.31. The fraction of sp³-hybridized carbons (Fsp3) is 0.500. The molecular formula is C14H17N3O3S. The standard InChI is InChI=1S/C14H17N3O3S/c1-7(18)11(14(19)20)17-12-10-8-4-2-3-5-9(8)21-13(10)16-6-15-12/h6-7,11,18H,2-5H2,1H3,(H,19,20)(H,15,16,17)/t7-,11-/m0/s1. The summed E-state index contributed by atoms with van der Waals surface area (Å²) >= 11 is 1.66. The van der Waals surface area contributed by atoms with Crippen LogP contribution < -0.4 is 5.32 Å². The Morgan fingerprint density at radius 1 is 1.38 bits per heavy atom. The average molecular weight is 307 g/mol. The van der Waals surface area contributed by atoms with Gasteiger partial charge in [0, 0.05) is 4.88 Å². The number of carboxylic acid groups (broad SMARTS) is 1. The highest BCUT2D eigenvalue weighted by atomic mass is 32.1. The minimum Gasteiger partial charge on any atom is -0.480 e. The molecule has 1 aliphatic rings. The number of hydrogen-bond donors (Lipinski definition) is 3. The number of thiophene rings is 1. The zero-order valence-electron chi connectivity index (χ0n) is 11.7. The van der Waals surface area contributed by atoms with Gasteiger partial charge in [0.1, 0.15) is 17.0 Å². The van der Waals surface area contributed by atoms with Crippen LogP contribution in [-0.4, -0.2) is 38.3 Å². The number of aliphatic hydroxyl groups excluding tert-OH is 1. The van der Waals surface area contributed by atoms with Crippen molar-refractivity contribution in [1.29, 1.82) is 0 Å². The molecule has 0 bridgehead atoms. The predicted molar refractivity (Wildman–Crippen MR) is 80.8 cm³/mol. The molecule has 112 valence electrons. The molecule has 0 aliphatic heterocycles. The summed E-state index contributed by atoms with van der Waals surface area (Å²) in [6.45, 7) is 1.45. The number of aliphatic carboxylic acids is 1. The molecule has 0 radical (unpaired) electrons. The molecule has 0 fully saturated rings. The van der Waals surface area contributed by atoms with Crippen LogP contribution in [0.2, 0.25) is 0 Å². The fourth-order valence-corrected chi connectivity index (χ4v) is 3.96. The minimum atomic E-state index is -1.10. The van der Waals surface area contributed by atoms with Gasteiger partial charge >= 0.3 is 5.97 Å². The third kappa shape index (κ3) is 2.58. The van der Waals surface area contributed by atoms with Gasteiger partial charge in [-0.15, -0.1) is 11.3 Å². The van der Waals surface area contributed by atoms with E-state index in [1.54, 1.807) is 11.3 Å². The Morgan fingerprint density at radius 2 is 2.14 bits per heavy atom. The first-order valence-electron chi connectivity index (χ1n) is 7.00. The maximum absolute atomic E-state index is 11.2. The largest absolute Gasteiger partial charge is 0.480 e. The molecule has 21 heavy (non-hydrogen) atoms. The summed E-state index contributed by atoms with van der Waals surface area (Å²) in [6, 6.07) is -1.08. The number of nitrogens with one attached hydrogen (secondary N) is 1. The van der Waals surface area contributed by atoms with Crippen LogP contribution in [0.25, 0.3) is 10.2 Å². The molecule has 7 heteroatoms. The monoisotopic (exact) mass is 307 g/mol. The molecule has 0 amide bonds. The first kappa shape index (κ1) is 14.2. The molecule has 1 aliphatic carbocycles. The molecule has 3 N–H and O–H groups in total. The van der Waals surface area contributed by atoms with Crippen LogP contribution in [-0.2, 0) is 17.6 Å². The lowest BCUT2D eigenvalue weighted by Crippen LogP contribution is -2.39. The van der Waals surface area contributed by atoms with Crippen LogP contribution in [0.15, 0.2) is 6.33 Å². The van der Waals surface area contributed by atoms with Gasteiger partial charge in [-0.1, -0.05) is 0 Å². The van der Waals surface area contributed by atoms with Gasteiger partial charge in [-0.2, -0.15) is 0 Å². The first-order chi connectivity index (χ1) is 10.1. The van der Waals surface area contributed by atoms with Gasteiger partial charge < -0.3 is 15.5 Å². The van der Waals surface area contributed by atoms with E-state index in [0.29, 0.717) is 5.82 Å². The van der Waals surface area contributed by atoms with E-state index in [1.807, 2.05) is 0 Å². The first-order valence-corrected chi connectivity index (χ1v) is 7.82. The summed E-state index contributed by atoms with van der Waals surface area (Å²) in [5.41, 5.74) is 1.24. The Bertz CT molecular complexity index is 683. The van der Waals surface area contributed by atoms with E-state index in [2.05, 4.69) is 15.3 Å². The number of aliphatic hydroxyl groups is 1. The maximum Gasteiger partial charge on any atom is 0.328 e. The van der Waals surface area contributed by atoms with Crippen LogP contribution in [0.3, 0.4) is 0 Å². The van der Waals surface area contributed by atoms with E-state index in [4.69, 9.17) is 0 Å². The number of carbonyl (C=O) groups is 1. The summed E-state index contributed by atoms with van der Waals surface area (Å²) in [4.78, 5) is 22.0. The van der Waals surface area contributed by atoms with Crippen LogP contribution in [0.4, 0.5) is 5.82 Å². The molecule has 0 unspecified atom stereocenters. The highest BCUT2D eigenvalue weighted by Gasteiger charge is 2.26. The second-order valence-corrected chi connectivity index (χ2v) is 6.40. The summed E-state index contributed by atoms with van der Waals surface area (Å²) in [7, 11) is 0. The van der Waals surface area contributed by atoms with Gasteiger partial charge in [-0.3, -0.25) is 0 Å². The molecule has 2 heterocycles. The van der Waals surface area contributed by atoms with E-state index < -0.39 is 18.1 Å². The number of aromatic nitrogens is 2.